The number of halogens is 1. The minimum absolute atomic E-state index is 0.0332. The number of rotatable bonds is 6. The van der Waals surface area contributed by atoms with E-state index in [9.17, 15) is 15.2 Å². The van der Waals surface area contributed by atoms with E-state index in [2.05, 4.69) is 27.0 Å². The number of amides is 1. The Hall–Kier alpha value is -4.04. The summed E-state index contributed by atoms with van der Waals surface area (Å²) in [6.07, 6.45) is 9.06. The number of ether oxygens (including phenoxy) is 1. The lowest BCUT2D eigenvalue weighted by molar-refractivity contribution is 0.107. The molecule has 224 valence electrons. The first-order valence-electron chi connectivity index (χ1n) is 15.4. The summed E-state index contributed by atoms with van der Waals surface area (Å²) in [5.41, 5.74) is 3.58. The van der Waals surface area contributed by atoms with E-state index in [0.717, 1.165) is 75.6 Å². The van der Waals surface area contributed by atoms with Crippen molar-refractivity contribution in [3.8, 4) is 23.3 Å². The van der Waals surface area contributed by atoms with Crippen LogP contribution in [-0.4, -0.2) is 86.9 Å². The number of benzene rings is 1. The molecule has 0 spiro atoms. The molecule has 0 unspecified atom stereocenters. The predicted octanol–water partition coefficient (Wildman–Crippen LogP) is 4.80. The zero-order valence-corrected chi connectivity index (χ0v) is 24.3. The molecule has 1 N–H and O–H groups in total. The maximum absolute atomic E-state index is 16.6. The van der Waals surface area contributed by atoms with Crippen LogP contribution in [0.2, 0.25) is 0 Å². The molecule has 10 nitrogen and oxygen atoms in total. The first kappa shape index (κ1) is 27.8. The van der Waals surface area contributed by atoms with Crippen LogP contribution in [-0.2, 0) is 12.8 Å². The normalized spacial score (nSPS) is 21.4. The first-order chi connectivity index (χ1) is 21.0. The fraction of sp³-hybridized carbons (Fsp3) is 0.531. The van der Waals surface area contributed by atoms with E-state index < -0.39 is 18.0 Å². The summed E-state index contributed by atoms with van der Waals surface area (Å²) in [7, 11) is 0. The van der Waals surface area contributed by atoms with Crippen LogP contribution in [0.3, 0.4) is 0 Å². The van der Waals surface area contributed by atoms with E-state index in [0.29, 0.717) is 24.4 Å². The number of carbonyl (C=O) groups is 1. The van der Waals surface area contributed by atoms with Gasteiger partial charge in [-0.1, -0.05) is 18.2 Å². The molecule has 3 fully saturated rings. The van der Waals surface area contributed by atoms with Gasteiger partial charge in [-0.2, -0.15) is 15.2 Å². The average Bonchev–Trinajstić information content (AvgIpc) is 3.61. The van der Waals surface area contributed by atoms with Gasteiger partial charge in [-0.05, 0) is 75.6 Å². The molecule has 2 aromatic heterocycles. The number of piperazine rings is 1. The van der Waals surface area contributed by atoms with Crippen molar-refractivity contribution in [1.82, 2.24) is 24.8 Å². The average molecular weight is 586 g/mol. The Bertz CT molecular complexity index is 1600. The molecule has 3 aromatic rings. The summed E-state index contributed by atoms with van der Waals surface area (Å²) in [5.74, 6) is -0.0579. The van der Waals surface area contributed by atoms with Crippen LogP contribution in [0, 0.1) is 17.1 Å². The van der Waals surface area contributed by atoms with Gasteiger partial charge < -0.3 is 19.6 Å². The van der Waals surface area contributed by atoms with E-state index in [-0.39, 0.29) is 42.3 Å². The van der Waals surface area contributed by atoms with Gasteiger partial charge >= 0.3 is 12.1 Å². The van der Waals surface area contributed by atoms with Crippen LogP contribution in [0.15, 0.2) is 24.4 Å². The summed E-state index contributed by atoms with van der Waals surface area (Å²) >= 11 is 0. The molecule has 11 heteroatoms. The smallest absolute Gasteiger partial charge is 0.407 e. The highest BCUT2D eigenvalue weighted by molar-refractivity contribution is 5.92. The van der Waals surface area contributed by atoms with Crippen LogP contribution < -0.4 is 9.64 Å². The topological polar surface area (TPSA) is 119 Å². The third-order valence-electron chi connectivity index (χ3n) is 9.93. The van der Waals surface area contributed by atoms with Crippen LogP contribution in [0.4, 0.5) is 15.0 Å². The van der Waals surface area contributed by atoms with E-state index in [4.69, 9.17) is 9.72 Å². The van der Waals surface area contributed by atoms with Crippen molar-refractivity contribution >= 4 is 22.8 Å². The van der Waals surface area contributed by atoms with Gasteiger partial charge in [0.15, 0.2) is 5.82 Å². The van der Waals surface area contributed by atoms with Crippen molar-refractivity contribution in [3.05, 3.63) is 41.3 Å². The van der Waals surface area contributed by atoms with E-state index in [1.807, 2.05) is 17.0 Å². The molecule has 3 saturated heterocycles. The molecule has 0 radical (unpaired) electrons. The van der Waals surface area contributed by atoms with Gasteiger partial charge in [-0.25, -0.2) is 9.18 Å². The Morgan fingerprint density at radius 2 is 1.93 bits per heavy atom. The molecule has 1 aliphatic carbocycles. The monoisotopic (exact) mass is 585 g/mol. The van der Waals surface area contributed by atoms with E-state index in [1.54, 1.807) is 6.20 Å². The second-order valence-corrected chi connectivity index (χ2v) is 12.3. The van der Waals surface area contributed by atoms with Gasteiger partial charge in [-0.3, -0.25) is 9.88 Å². The number of aryl methyl sites for hydroxylation is 1. The third-order valence-corrected chi connectivity index (χ3v) is 9.93. The SMILES string of the molecule is N#CC[C@H]1CN(c2nc(OCC34CCCN3CCC4)nc3c(F)c(-c4cccc5c4CCCC5)ncc23)CCN1C(=O)O. The van der Waals surface area contributed by atoms with Crippen molar-refractivity contribution in [1.29, 1.82) is 5.26 Å². The summed E-state index contributed by atoms with van der Waals surface area (Å²) in [4.78, 5) is 31.6. The predicted molar refractivity (Wildman–Crippen MR) is 159 cm³/mol. The number of anilines is 1. The molecule has 1 amide bonds. The van der Waals surface area contributed by atoms with Gasteiger partial charge in [-0.15, -0.1) is 0 Å². The molecule has 3 aliphatic heterocycles. The molecular weight excluding hydrogens is 549 g/mol. The number of fused-ring (bicyclic) bond motifs is 3. The Balaban J connectivity index is 1.31. The minimum atomic E-state index is -1.06. The number of carboxylic acid groups (broad SMARTS) is 1. The molecule has 1 atom stereocenters. The van der Waals surface area contributed by atoms with Crippen molar-refractivity contribution in [2.75, 3.05) is 44.2 Å². The number of hydrogen-bond donors (Lipinski definition) is 1. The number of nitrogens with zero attached hydrogens (tertiary/aromatic N) is 7. The Kier molecular flexibility index (Phi) is 7.25. The summed E-state index contributed by atoms with van der Waals surface area (Å²) < 4.78 is 22.9. The highest BCUT2D eigenvalue weighted by atomic mass is 19.1. The summed E-state index contributed by atoms with van der Waals surface area (Å²) in [6, 6.07) is 7.70. The quantitative estimate of drug-likeness (QED) is 0.435. The Labute approximate surface area is 250 Å². The number of aromatic nitrogens is 3. The van der Waals surface area contributed by atoms with Crippen molar-refractivity contribution < 1.29 is 19.0 Å². The minimum Gasteiger partial charge on any atom is -0.465 e. The zero-order chi connectivity index (χ0) is 29.6. The lowest BCUT2D eigenvalue weighted by Gasteiger charge is -2.40. The summed E-state index contributed by atoms with van der Waals surface area (Å²) in [6.45, 7) is 3.35. The lowest BCUT2D eigenvalue weighted by atomic mass is 9.87. The standard InChI is InChI=1S/C32H36FN7O3/c33-26-27(24-9-3-7-21-6-1-2-8-23(21)24)35-18-25-28(26)36-30(43-20-32-11-4-14-39(32)15-5-12-32)37-29(25)38-16-17-40(31(41)42)22(19-38)10-13-34/h3,7,9,18,22H,1-2,4-6,8,10-12,14-17,19-20H2,(H,41,42)/t22-/m0/s1. The second-order valence-electron chi connectivity index (χ2n) is 12.3. The highest BCUT2D eigenvalue weighted by Crippen LogP contribution is 2.40. The van der Waals surface area contributed by atoms with E-state index >= 15 is 4.39 Å². The number of hydrogen-bond acceptors (Lipinski definition) is 8. The molecule has 4 aliphatic rings. The molecular formula is C32H36FN7O3. The van der Waals surface area contributed by atoms with Crippen LogP contribution in [0.25, 0.3) is 22.2 Å². The van der Waals surface area contributed by atoms with Crippen LogP contribution in [0.1, 0.15) is 56.1 Å². The van der Waals surface area contributed by atoms with Crippen molar-refractivity contribution in [2.24, 2.45) is 0 Å². The number of nitriles is 1. The molecule has 43 heavy (non-hydrogen) atoms. The van der Waals surface area contributed by atoms with Gasteiger partial charge in [0, 0.05) is 31.4 Å². The molecule has 0 saturated carbocycles. The maximum Gasteiger partial charge on any atom is 0.407 e. The molecule has 5 heterocycles. The zero-order valence-electron chi connectivity index (χ0n) is 24.3. The highest BCUT2D eigenvalue weighted by Gasteiger charge is 2.45. The van der Waals surface area contributed by atoms with Gasteiger partial charge in [0.05, 0.1) is 29.5 Å². The van der Waals surface area contributed by atoms with Crippen molar-refractivity contribution in [3.63, 3.8) is 0 Å². The van der Waals surface area contributed by atoms with Crippen LogP contribution >= 0.6 is 0 Å². The fourth-order valence-corrected chi connectivity index (χ4v) is 7.76. The Morgan fingerprint density at radius 1 is 1.12 bits per heavy atom. The fourth-order valence-electron chi connectivity index (χ4n) is 7.76. The van der Waals surface area contributed by atoms with E-state index in [1.165, 1.54) is 10.5 Å². The van der Waals surface area contributed by atoms with Crippen LogP contribution in [0.5, 0.6) is 6.01 Å². The maximum atomic E-state index is 16.6. The Morgan fingerprint density at radius 3 is 2.72 bits per heavy atom. The lowest BCUT2D eigenvalue weighted by Crippen LogP contribution is -2.55. The molecule has 0 bridgehead atoms. The molecule has 7 rings (SSSR count). The largest absolute Gasteiger partial charge is 0.465 e. The van der Waals surface area contributed by atoms with Gasteiger partial charge in [0.25, 0.3) is 0 Å². The third kappa shape index (κ3) is 4.91. The second kappa shape index (κ2) is 11.2. The summed E-state index contributed by atoms with van der Waals surface area (Å²) in [5, 5.41) is 19.5. The first-order valence-corrected chi connectivity index (χ1v) is 15.4. The van der Waals surface area contributed by atoms with Gasteiger partial charge in [0.1, 0.15) is 23.6 Å². The van der Waals surface area contributed by atoms with Crippen molar-refractivity contribution in [2.45, 2.75) is 69.4 Å². The number of pyridine rings is 1. The van der Waals surface area contributed by atoms with Gasteiger partial charge in [0.2, 0.25) is 0 Å². The molecule has 1 aromatic carbocycles.